The summed E-state index contributed by atoms with van der Waals surface area (Å²) < 4.78 is 5.79. The van der Waals surface area contributed by atoms with Gasteiger partial charge in [-0.05, 0) is 54.1 Å². The van der Waals surface area contributed by atoms with Crippen LogP contribution in [-0.4, -0.2) is 29.2 Å². The van der Waals surface area contributed by atoms with Crippen molar-refractivity contribution in [1.29, 1.82) is 0 Å². The molecule has 0 spiro atoms. The van der Waals surface area contributed by atoms with Gasteiger partial charge in [-0.2, -0.15) is 0 Å². The van der Waals surface area contributed by atoms with Crippen molar-refractivity contribution in [3.63, 3.8) is 0 Å². The Labute approximate surface area is 169 Å². The van der Waals surface area contributed by atoms with E-state index in [1.807, 2.05) is 60.0 Å². The molecule has 1 aromatic carbocycles. The average Bonchev–Trinajstić information content (AvgIpc) is 3.24. The zero-order valence-corrected chi connectivity index (χ0v) is 16.4. The molecule has 0 saturated heterocycles. The van der Waals surface area contributed by atoms with Crippen LogP contribution in [0.1, 0.15) is 29.2 Å². The molecule has 0 aliphatic carbocycles. The van der Waals surface area contributed by atoms with Crippen LogP contribution in [0.2, 0.25) is 0 Å². The van der Waals surface area contributed by atoms with Gasteiger partial charge in [-0.25, -0.2) is 4.98 Å². The van der Waals surface area contributed by atoms with Crippen LogP contribution in [0.5, 0.6) is 5.75 Å². The number of benzene rings is 1. The molecule has 2 N–H and O–H groups in total. The third-order valence-electron chi connectivity index (χ3n) is 4.33. The Morgan fingerprint density at radius 2 is 2.00 bits per heavy atom. The number of carboxylic acids is 1. The number of anilines is 1. The SMILES string of the molecule is O=C(O)CC(Cc1ccc(OCCCNc2ccccn2)cc1)c1cccs1. The molecule has 3 rings (SSSR count). The van der Waals surface area contributed by atoms with Gasteiger partial charge < -0.3 is 15.2 Å². The van der Waals surface area contributed by atoms with E-state index in [9.17, 15) is 9.90 Å². The predicted octanol–water partition coefficient (Wildman–Crippen LogP) is 4.83. The molecular formula is C22H24N2O3S. The molecule has 6 heteroatoms. The summed E-state index contributed by atoms with van der Waals surface area (Å²) in [6, 6.07) is 17.7. The molecule has 3 aromatic rings. The second kappa shape index (κ2) is 10.5. The Kier molecular flexibility index (Phi) is 7.44. The topological polar surface area (TPSA) is 71.5 Å². The van der Waals surface area contributed by atoms with Crippen molar-refractivity contribution in [1.82, 2.24) is 4.98 Å². The van der Waals surface area contributed by atoms with Crippen molar-refractivity contribution in [3.8, 4) is 5.75 Å². The van der Waals surface area contributed by atoms with Gasteiger partial charge in [-0.15, -0.1) is 11.3 Å². The van der Waals surface area contributed by atoms with Gasteiger partial charge in [0.15, 0.2) is 0 Å². The summed E-state index contributed by atoms with van der Waals surface area (Å²) in [4.78, 5) is 16.5. The van der Waals surface area contributed by atoms with E-state index >= 15 is 0 Å². The van der Waals surface area contributed by atoms with Crippen molar-refractivity contribution in [2.24, 2.45) is 0 Å². The first-order chi connectivity index (χ1) is 13.7. The molecule has 146 valence electrons. The van der Waals surface area contributed by atoms with Crippen molar-refractivity contribution in [3.05, 3.63) is 76.6 Å². The summed E-state index contributed by atoms with van der Waals surface area (Å²) in [7, 11) is 0. The highest BCUT2D eigenvalue weighted by molar-refractivity contribution is 7.10. The van der Waals surface area contributed by atoms with Gasteiger partial charge in [-0.3, -0.25) is 4.79 Å². The molecular weight excluding hydrogens is 372 g/mol. The molecule has 5 nitrogen and oxygen atoms in total. The standard InChI is InChI=1S/C22H24N2O3S/c25-22(26)16-18(20-5-3-14-28-20)15-17-7-9-19(10-8-17)27-13-4-12-24-21-6-1-2-11-23-21/h1-3,5-11,14,18H,4,12-13,15-16H2,(H,23,24)(H,25,26). The van der Waals surface area contributed by atoms with E-state index in [0.29, 0.717) is 13.0 Å². The molecule has 2 aromatic heterocycles. The van der Waals surface area contributed by atoms with E-state index in [0.717, 1.165) is 35.0 Å². The summed E-state index contributed by atoms with van der Waals surface area (Å²) in [5.41, 5.74) is 1.11. The van der Waals surface area contributed by atoms with Crippen LogP contribution in [0.3, 0.4) is 0 Å². The smallest absolute Gasteiger partial charge is 0.304 e. The number of aliphatic carboxylic acids is 1. The normalized spacial score (nSPS) is 11.7. The summed E-state index contributed by atoms with van der Waals surface area (Å²) in [5, 5.41) is 14.4. The van der Waals surface area contributed by atoms with E-state index in [2.05, 4.69) is 10.3 Å². The van der Waals surface area contributed by atoms with Gasteiger partial charge in [0, 0.05) is 23.5 Å². The lowest BCUT2D eigenvalue weighted by atomic mass is 9.94. The van der Waals surface area contributed by atoms with Gasteiger partial charge in [0.2, 0.25) is 0 Å². The maximum atomic E-state index is 11.2. The number of rotatable bonds is 11. The number of carboxylic acid groups (broad SMARTS) is 1. The fourth-order valence-electron chi connectivity index (χ4n) is 2.96. The molecule has 0 radical (unpaired) electrons. The second-order valence-corrected chi connectivity index (χ2v) is 7.48. The van der Waals surface area contributed by atoms with Gasteiger partial charge in [0.05, 0.1) is 13.0 Å². The van der Waals surface area contributed by atoms with Crippen LogP contribution in [0.4, 0.5) is 5.82 Å². The van der Waals surface area contributed by atoms with Gasteiger partial charge >= 0.3 is 5.97 Å². The number of nitrogens with one attached hydrogen (secondary N) is 1. The third-order valence-corrected chi connectivity index (χ3v) is 5.37. The number of ether oxygens (including phenoxy) is 1. The average molecular weight is 397 g/mol. The Morgan fingerprint density at radius 1 is 1.14 bits per heavy atom. The van der Waals surface area contributed by atoms with Crippen LogP contribution in [0.15, 0.2) is 66.2 Å². The quantitative estimate of drug-likeness (QED) is 0.455. The summed E-state index contributed by atoms with van der Waals surface area (Å²) in [6.07, 6.45) is 3.49. The lowest BCUT2D eigenvalue weighted by Crippen LogP contribution is -2.09. The number of pyridine rings is 1. The first-order valence-electron chi connectivity index (χ1n) is 9.32. The molecule has 0 amide bonds. The van der Waals surface area contributed by atoms with Crippen LogP contribution in [0.25, 0.3) is 0 Å². The van der Waals surface area contributed by atoms with Gasteiger partial charge in [0.25, 0.3) is 0 Å². The number of aromatic nitrogens is 1. The van der Waals surface area contributed by atoms with Crippen LogP contribution in [-0.2, 0) is 11.2 Å². The molecule has 0 aliphatic rings. The minimum atomic E-state index is -0.766. The van der Waals surface area contributed by atoms with Crippen molar-refractivity contribution < 1.29 is 14.6 Å². The molecule has 1 unspecified atom stereocenters. The molecule has 0 aliphatic heterocycles. The maximum absolute atomic E-state index is 11.2. The first kappa shape index (κ1) is 19.9. The summed E-state index contributed by atoms with van der Waals surface area (Å²) in [5.74, 6) is 0.931. The molecule has 0 saturated carbocycles. The van der Waals surface area contributed by atoms with E-state index in [1.165, 1.54) is 0 Å². The monoisotopic (exact) mass is 396 g/mol. The molecule has 28 heavy (non-hydrogen) atoms. The number of nitrogens with zero attached hydrogens (tertiary/aromatic N) is 1. The summed E-state index contributed by atoms with van der Waals surface area (Å²) >= 11 is 1.61. The van der Waals surface area contributed by atoms with Crippen molar-refractivity contribution >= 4 is 23.1 Å². The minimum absolute atomic E-state index is 0.00180. The molecule has 0 fully saturated rings. The summed E-state index contributed by atoms with van der Waals surface area (Å²) in [6.45, 7) is 1.42. The second-order valence-electron chi connectivity index (χ2n) is 6.50. The van der Waals surface area contributed by atoms with Gasteiger partial charge in [0.1, 0.15) is 11.6 Å². The molecule has 1 atom stereocenters. The number of thiophene rings is 1. The zero-order valence-electron chi connectivity index (χ0n) is 15.6. The Bertz CT molecular complexity index is 836. The Balaban J connectivity index is 1.44. The number of hydrogen-bond donors (Lipinski definition) is 2. The number of hydrogen-bond acceptors (Lipinski definition) is 5. The van der Waals surface area contributed by atoms with Gasteiger partial charge in [-0.1, -0.05) is 24.3 Å². The van der Waals surface area contributed by atoms with Crippen LogP contribution in [0, 0.1) is 0 Å². The maximum Gasteiger partial charge on any atom is 0.304 e. The lowest BCUT2D eigenvalue weighted by Gasteiger charge is -2.14. The first-order valence-corrected chi connectivity index (χ1v) is 10.2. The number of carbonyl (C=O) groups is 1. The highest BCUT2D eigenvalue weighted by atomic mass is 32.1. The fraction of sp³-hybridized carbons (Fsp3) is 0.273. The fourth-order valence-corrected chi connectivity index (χ4v) is 3.79. The van der Waals surface area contributed by atoms with Crippen molar-refractivity contribution in [2.45, 2.75) is 25.2 Å². The minimum Gasteiger partial charge on any atom is -0.494 e. The van der Waals surface area contributed by atoms with E-state index in [1.54, 1.807) is 17.5 Å². The van der Waals surface area contributed by atoms with Crippen LogP contribution < -0.4 is 10.1 Å². The third kappa shape index (κ3) is 6.39. The largest absolute Gasteiger partial charge is 0.494 e. The van der Waals surface area contributed by atoms with E-state index < -0.39 is 5.97 Å². The zero-order chi connectivity index (χ0) is 19.6. The lowest BCUT2D eigenvalue weighted by molar-refractivity contribution is -0.137. The molecule has 2 heterocycles. The highest BCUT2D eigenvalue weighted by Crippen LogP contribution is 2.28. The predicted molar refractivity (Wildman–Crippen MR) is 112 cm³/mol. The Hall–Kier alpha value is -2.86. The van der Waals surface area contributed by atoms with E-state index in [4.69, 9.17) is 4.74 Å². The van der Waals surface area contributed by atoms with Crippen molar-refractivity contribution in [2.75, 3.05) is 18.5 Å². The molecule has 0 bridgehead atoms. The van der Waals surface area contributed by atoms with Crippen LogP contribution >= 0.6 is 11.3 Å². The Morgan fingerprint density at radius 3 is 2.68 bits per heavy atom. The van der Waals surface area contributed by atoms with E-state index in [-0.39, 0.29) is 12.3 Å². The highest BCUT2D eigenvalue weighted by Gasteiger charge is 2.17.